The first kappa shape index (κ1) is 13.4. The van der Waals surface area contributed by atoms with E-state index >= 15 is 0 Å². The Balaban J connectivity index is 2.06. The Morgan fingerprint density at radius 2 is 2.32 bits per heavy atom. The van der Waals surface area contributed by atoms with Crippen LogP contribution in [-0.2, 0) is 5.60 Å². The van der Waals surface area contributed by atoms with E-state index in [1.54, 1.807) is 6.92 Å². The number of thiophene rings is 1. The lowest BCUT2D eigenvalue weighted by Gasteiger charge is -2.23. The fourth-order valence-corrected chi connectivity index (χ4v) is 2.29. The van der Waals surface area contributed by atoms with Crippen molar-refractivity contribution in [1.29, 1.82) is 0 Å². The standard InChI is InChI=1S/C12H13N3O3S/c1-12(18,8-2-3-19-5-8)6-13-10-4-9(11(16)17)14-7-15-10/h2-5,7,18H,6H2,1H3,(H,16,17)(H,13,14,15). The summed E-state index contributed by atoms with van der Waals surface area (Å²) < 4.78 is 0. The number of carbonyl (C=O) groups is 1. The number of carboxylic acids is 1. The molecule has 6 nitrogen and oxygen atoms in total. The van der Waals surface area contributed by atoms with Crippen molar-refractivity contribution in [3.05, 3.63) is 40.5 Å². The summed E-state index contributed by atoms with van der Waals surface area (Å²) in [5.74, 6) is -0.752. The molecular weight excluding hydrogens is 266 g/mol. The first-order valence-electron chi connectivity index (χ1n) is 5.53. The van der Waals surface area contributed by atoms with Crippen molar-refractivity contribution in [2.75, 3.05) is 11.9 Å². The number of hydrogen-bond donors (Lipinski definition) is 3. The van der Waals surface area contributed by atoms with Gasteiger partial charge in [-0.3, -0.25) is 0 Å². The molecule has 0 aliphatic rings. The summed E-state index contributed by atoms with van der Waals surface area (Å²) in [5.41, 5.74) is -0.334. The highest BCUT2D eigenvalue weighted by Gasteiger charge is 2.23. The second kappa shape index (κ2) is 5.33. The highest BCUT2D eigenvalue weighted by molar-refractivity contribution is 7.08. The normalized spacial score (nSPS) is 13.8. The van der Waals surface area contributed by atoms with Gasteiger partial charge in [-0.05, 0) is 29.3 Å². The number of aromatic carboxylic acids is 1. The van der Waals surface area contributed by atoms with Crippen molar-refractivity contribution in [3.63, 3.8) is 0 Å². The minimum atomic E-state index is -1.12. The van der Waals surface area contributed by atoms with E-state index < -0.39 is 11.6 Å². The summed E-state index contributed by atoms with van der Waals surface area (Å²) >= 11 is 1.50. The Kier molecular flexibility index (Phi) is 3.77. The largest absolute Gasteiger partial charge is 0.477 e. The third kappa shape index (κ3) is 3.27. The molecule has 3 N–H and O–H groups in total. The van der Waals surface area contributed by atoms with Gasteiger partial charge in [0.25, 0.3) is 0 Å². The van der Waals surface area contributed by atoms with Crippen LogP contribution in [-0.4, -0.2) is 32.7 Å². The molecule has 2 rings (SSSR count). The SMILES string of the molecule is CC(O)(CNc1cc(C(=O)O)ncn1)c1ccsc1. The molecule has 2 aromatic heterocycles. The van der Waals surface area contributed by atoms with E-state index in [0.717, 1.165) is 5.56 Å². The molecule has 2 aromatic rings. The highest BCUT2D eigenvalue weighted by atomic mass is 32.1. The van der Waals surface area contributed by atoms with Gasteiger partial charge in [-0.15, -0.1) is 0 Å². The highest BCUT2D eigenvalue weighted by Crippen LogP contribution is 2.23. The van der Waals surface area contributed by atoms with Gasteiger partial charge in [0.2, 0.25) is 0 Å². The van der Waals surface area contributed by atoms with E-state index in [4.69, 9.17) is 5.11 Å². The number of nitrogens with one attached hydrogen (secondary N) is 1. The lowest BCUT2D eigenvalue weighted by molar-refractivity contribution is 0.0690. The maximum Gasteiger partial charge on any atom is 0.354 e. The summed E-state index contributed by atoms with van der Waals surface area (Å²) in [5, 5.41) is 25.8. The molecule has 0 fully saturated rings. The van der Waals surface area contributed by atoms with Crippen molar-refractivity contribution in [2.45, 2.75) is 12.5 Å². The quantitative estimate of drug-likeness (QED) is 0.768. The van der Waals surface area contributed by atoms with E-state index in [2.05, 4.69) is 15.3 Å². The van der Waals surface area contributed by atoms with E-state index in [1.807, 2.05) is 16.8 Å². The number of hydrogen-bond acceptors (Lipinski definition) is 6. The van der Waals surface area contributed by atoms with Gasteiger partial charge >= 0.3 is 5.97 Å². The Morgan fingerprint density at radius 1 is 1.53 bits per heavy atom. The minimum absolute atomic E-state index is 0.0901. The summed E-state index contributed by atoms with van der Waals surface area (Å²) in [7, 11) is 0. The molecule has 0 bridgehead atoms. The first-order chi connectivity index (χ1) is 8.99. The van der Waals surface area contributed by atoms with Crippen LogP contribution in [0, 0.1) is 0 Å². The van der Waals surface area contributed by atoms with Gasteiger partial charge in [-0.2, -0.15) is 11.3 Å². The van der Waals surface area contributed by atoms with E-state index in [0.29, 0.717) is 5.82 Å². The predicted molar refractivity (Wildman–Crippen MR) is 71.4 cm³/mol. The second-order valence-corrected chi connectivity index (χ2v) is 5.01. The molecule has 0 amide bonds. The molecule has 0 saturated carbocycles. The molecule has 0 aliphatic heterocycles. The van der Waals surface area contributed by atoms with Crippen LogP contribution in [0.3, 0.4) is 0 Å². The molecular formula is C12H13N3O3S. The monoisotopic (exact) mass is 279 g/mol. The number of anilines is 1. The average Bonchev–Trinajstić information content (AvgIpc) is 2.91. The van der Waals surface area contributed by atoms with Gasteiger partial charge in [0.1, 0.15) is 17.7 Å². The summed E-state index contributed by atoms with van der Waals surface area (Å²) in [6.07, 6.45) is 1.17. The van der Waals surface area contributed by atoms with Gasteiger partial charge < -0.3 is 15.5 Å². The van der Waals surface area contributed by atoms with Crippen LogP contribution in [0.5, 0.6) is 0 Å². The third-order valence-corrected chi connectivity index (χ3v) is 3.33. The molecule has 0 saturated heterocycles. The summed E-state index contributed by atoms with van der Waals surface area (Å²) in [4.78, 5) is 18.3. The molecule has 0 radical (unpaired) electrons. The van der Waals surface area contributed by atoms with Crippen molar-refractivity contribution in [3.8, 4) is 0 Å². The fraction of sp³-hybridized carbons (Fsp3) is 0.250. The van der Waals surface area contributed by atoms with Crippen molar-refractivity contribution < 1.29 is 15.0 Å². The first-order valence-corrected chi connectivity index (χ1v) is 6.47. The fourth-order valence-electron chi connectivity index (χ4n) is 1.51. The molecule has 2 heterocycles. The summed E-state index contributed by atoms with van der Waals surface area (Å²) in [6, 6.07) is 3.17. The maximum atomic E-state index is 10.8. The molecule has 0 aromatic carbocycles. The zero-order chi connectivity index (χ0) is 13.9. The van der Waals surface area contributed by atoms with Crippen LogP contribution < -0.4 is 5.32 Å². The molecule has 0 aliphatic carbocycles. The smallest absolute Gasteiger partial charge is 0.354 e. The van der Waals surface area contributed by atoms with Crippen LogP contribution in [0.2, 0.25) is 0 Å². The lowest BCUT2D eigenvalue weighted by Crippen LogP contribution is -2.30. The van der Waals surface area contributed by atoms with Crippen molar-refractivity contribution >= 4 is 23.1 Å². The molecule has 0 spiro atoms. The zero-order valence-electron chi connectivity index (χ0n) is 10.2. The van der Waals surface area contributed by atoms with Gasteiger partial charge in [-0.25, -0.2) is 14.8 Å². The van der Waals surface area contributed by atoms with Crippen LogP contribution in [0.25, 0.3) is 0 Å². The van der Waals surface area contributed by atoms with E-state index in [-0.39, 0.29) is 12.2 Å². The van der Waals surface area contributed by atoms with E-state index in [1.165, 1.54) is 23.7 Å². The van der Waals surface area contributed by atoms with Crippen LogP contribution >= 0.6 is 11.3 Å². The second-order valence-electron chi connectivity index (χ2n) is 4.23. The Labute approximate surface area is 113 Å². The Morgan fingerprint density at radius 3 is 2.95 bits per heavy atom. The average molecular weight is 279 g/mol. The molecule has 19 heavy (non-hydrogen) atoms. The maximum absolute atomic E-state index is 10.8. The Bertz CT molecular complexity index is 569. The number of carboxylic acid groups (broad SMARTS) is 1. The number of aromatic nitrogens is 2. The number of nitrogens with zero attached hydrogens (tertiary/aromatic N) is 2. The van der Waals surface area contributed by atoms with Crippen molar-refractivity contribution in [2.24, 2.45) is 0 Å². The Hall–Kier alpha value is -1.99. The number of aliphatic hydroxyl groups is 1. The van der Waals surface area contributed by atoms with E-state index in [9.17, 15) is 9.90 Å². The molecule has 100 valence electrons. The molecule has 1 atom stereocenters. The third-order valence-electron chi connectivity index (χ3n) is 2.64. The zero-order valence-corrected chi connectivity index (χ0v) is 11.0. The van der Waals surface area contributed by atoms with Crippen molar-refractivity contribution in [1.82, 2.24) is 9.97 Å². The molecule has 1 unspecified atom stereocenters. The van der Waals surface area contributed by atoms with Gasteiger partial charge in [0.05, 0.1) is 0 Å². The van der Waals surface area contributed by atoms with Gasteiger partial charge in [0.15, 0.2) is 5.69 Å². The van der Waals surface area contributed by atoms with Gasteiger partial charge in [-0.1, -0.05) is 0 Å². The summed E-state index contributed by atoms with van der Waals surface area (Å²) in [6.45, 7) is 1.90. The van der Waals surface area contributed by atoms with Crippen LogP contribution in [0.4, 0.5) is 5.82 Å². The van der Waals surface area contributed by atoms with Gasteiger partial charge in [0, 0.05) is 12.6 Å². The predicted octanol–water partition coefficient (Wildman–Crippen LogP) is 1.56. The molecule has 7 heteroatoms. The van der Waals surface area contributed by atoms with Crippen LogP contribution in [0.1, 0.15) is 23.0 Å². The minimum Gasteiger partial charge on any atom is -0.477 e. The lowest BCUT2D eigenvalue weighted by atomic mass is 9.99. The number of rotatable bonds is 5. The van der Waals surface area contributed by atoms with Crippen LogP contribution in [0.15, 0.2) is 29.2 Å². The topological polar surface area (TPSA) is 95.3 Å².